The van der Waals surface area contributed by atoms with E-state index >= 15 is 0 Å². The molecule has 0 rings (SSSR count). The fourth-order valence-corrected chi connectivity index (χ4v) is 1.80. The number of aliphatic hydroxyl groups is 1. The molecule has 0 atom stereocenters. The summed E-state index contributed by atoms with van der Waals surface area (Å²) < 4.78 is 15.0. The van der Waals surface area contributed by atoms with Crippen LogP contribution in [0.3, 0.4) is 0 Å². The summed E-state index contributed by atoms with van der Waals surface area (Å²) >= 11 is 0. The van der Waals surface area contributed by atoms with Gasteiger partial charge in [-0.05, 0) is 40.0 Å². The van der Waals surface area contributed by atoms with Crippen LogP contribution in [0, 0.1) is 5.41 Å². The van der Waals surface area contributed by atoms with Crippen LogP contribution >= 0.6 is 0 Å². The molecule has 0 heterocycles. The fraction of sp³-hybridized carbons (Fsp3) is 0.810. The van der Waals surface area contributed by atoms with E-state index in [1.165, 1.54) is 0 Å². The summed E-state index contributed by atoms with van der Waals surface area (Å²) in [6.45, 7) is 13.0. The van der Waals surface area contributed by atoms with Crippen molar-refractivity contribution in [1.29, 1.82) is 0 Å². The van der Waals surface area contributed by atoms with Gasteiger partial charge in [0, 0.05) is 5.57 Å². The first-order valence-corrected chi connectivity index (χ1v) is 9.96. The predicted molar refractivity (Wildman–Crippen MR) is 107 cm³/mol. The van der Waals surface area contributed by atoms with Crippen molar-refractivity contribution in [3.63, 3.8) is 0 Å². The predicted octanol–water partition coefficient (Wildman–Crippen LogP) is 4.05. The zero-order valence-corrected chi connectivity index (χ0v) is 18.1. The summed E-state index contributed by atoms with van der Waals surface area (Å²) in [6, 6.07) is 0. The van der Waals surface area contributed by atoms with Crippen LogP contribution in [0.4, 0.5) is 0 Å². The lowest BCUT2D eigenvalue weighted by atomic mass is 9.97. The fourth-order valence-electron chi connectivity index (χ4n) is 1.80. The summed E-state index contributed by atoms with van der Waals surface area (Å²) in [7, 11) is 0. The van der Waals surface area contributed by atoms with Crippen molar-refractivity contribution in [3.8, 4) is 0 Å². The Morgan fingerprint density at radius 2 is 1.59 bits per heavy atom. The summed E-state index contributed by atoms with van der Waals surface area (Å²) in [5, 5.41) is 8.37. The highest BCUT2D eigenvalue weighted by Gasteiger charge is 2.22. The second-order valence-corrected chi connectivity index (χ2v) is 7.06. The standard InChI is InChI=1S/C12H22O2.C9H18O4/c1-4-7-8-10-14-12(13)11(6-3)9-5-2;1-9(2,3)8(11)13-7-6-12-5-4-10/h9H,4-8,10H2,1-3H3;10H,4-7H2,1-3H3. The lowest BCUT2D eigenvalue weighted by Gasteiger charge is -2.16. The number of carbonyl (C=O) groups excluding carboxylic acids is 2. The molecule has 6 nitrogen and oxygen atoms in total. The van der Waals surface area contributed by atoms with Crippen LogP contribution in [0.15, 0.2) is 11.6 Å². The van der Waals surface area contributed by atoms with Crippen LogP contribution in [0.1, 0.15) is 73.6 Å². The van der Waals surface area contributed by atoms with Gasteiger partial charge in [0.05, 0.1) is 31.8 Å². The second-order valence-electron chi connectivity index (χ2n) is 7.06. The van der Waals surface area contributed by atoms with Crippen molar-refractivity contribution in [1.82, 2.24) is 0 Å². The quantitative estimate of drug-likeness (QED) is 0.308. The molecule has 0 aliphatic heterocycles. The van der Waals surface area contributed by atoms with Gasteiger partial charge in [0.2, 0.25) is 0 Å². The molecular formula is C21H40O6. The van der Waals surface area contributed by atoms with E-state index in [0.29, 0.717) is 13.2 Å². The SMILES string of the molecule is CC(C)(C)C(=O)OCCOCCO.CCC=C(CC)C(=O)OCCCCC. The van der Waals surface area contributed by atoms with Crippen molar-refractivity contribution < 1.29 is 28.9 Å². The number of carbonyl (C=O) groups is 2. The Hall–Kier alpha value is -1.40. The molecule has 6 heteroatoms. The van der Waals surface area contributed by atoms with E-state index in [-0.39, 0.29) is 31.8 Å². The van der Waals surface area contributed by atoms with Crippen LogP contribution < -0.4 is 0 Å². The Bertz CT molecular complexity index is 409. The van der Waals surface area contributed by atoms with Crippen LogP contribution in [0.5, 0.6) is 0 Å². The number of aliphatic hydroxyl groups excluding tert-OH is 1. The van der Waals surface area contributed by atoms with Crippen molar-refractivity contribution in [2.75, 3.05) is 33.0 Å². The minimum absolute atomic E-state index is 0.00673. The third-order valence-corrected chi connectivity index (χ3v) is 3.38. The van der Waals surface area contributed by atoms with Crippen LogP contribution in [-0.2, 0) is 23.8 Å². The largest absolute Gasteiger partial charge is 0.463 e. The molecule has 0 fully saturated rings. The molecule has 0 saturated heterocycles. The van der Waals surface area contributed by atoms with Crippen molar-refractivity contribution in [3.05, 3.63) is 11.6 Å². The van der Waals surface area contributed by atoms with E-state index in [2.05, 4.69) is 6.92 Å². The van der Waals surface area contributed by atoms with Gasteiger partial charge in [-0.15, -0.1) is 0 Å². The Morgan fingerprint density at radius 1 is 0.926 bits per heavy atom. The van der Waals surface area contributed by atoms with Gasteiger partial charge in [0.15, 0.2) is 0 Å². The van der Waals surface area contributed by atoms with Crippen LogP contribution in [0.25, 0.3) is 0 Å². The number of hydrogen-bond acceptors (Lipinski definition) is 6. The highest BCUT2D eigenvalue weighted by Crippen LogP contribution is 2.14. The first-order valence-electron chi connectivity index (χ1n) is 9.96. The molecule has 0 aliphatic rings. The Kier molecular flexibility index (Phi) is 18.5. The Labute approximate surface area is 165 Å². The molecule has 0 aromatic heterocycles. The summed E-state index contributed by atoms with van der Waals surface area (Å²) in [5.41, 5.74) is 0.348. The monoisotopic (exact) mass is 388 g/mol. The highest BCUT2D eigenvalue weighted by molar-refractivity contribution is 5.88. The molecule has 0 unspecified atom stereocenters. The number of unbranched alkanes of at least 4 members (excludes halogenated alkanes) is 2. The normalized spacial score (nSPS) is 11.4. The number of esters is 2. The van der Waals surface area contributed by atoms with Gasteiger partial charge in [-0.25, -0.2) is 4.79 Å². The highest BCUT2D eigenvalue weighted by atomic mass is 16.6. The topological polar surface area (TPSA) is 82.1 Å². The zero-order valence-electron chi connectivity index (χ0n) is 18.1. The van der Waals surface area contributed by atoms with Gasteiger partial charge >= 0.3 is 11.9 Å². The molecule has 0 bridgehead atoms. The van der Waals surface area contributed by atoms with Gasteiger partial charge in [-0.2, -0.15) is 0 Å². The minimum Gasteiger partial charge on any atom is -0.463 e. The molecule has 0 saturated carbocycles. The first kappa shape index (κ1) is 27.8. The van der Waals surface area contributed by atoms with Crippen molar-refractivity contribution in [2.45, 2.75) is 73.6 Å². The van der Waals surface area contributed by atoms with Gasteiger partial charge in [-0.1, -0.05) is 39.7 Å². The van der Waals surface area contributed by atoms with Crippen molar-refractivity contribution >= 4 is 11.9 Å². The number of ether oxygens (including phenoxy) is 3. The molecular weight excluding hydrogens is 348 g/mol. The molecule has 0 aliphatic carbocycles. The van der Waals surface area contributed by atoms with E-state index < -0.39 is 5.41 Å². The van der Waals surface area contributed by atoms with E-state index in [1.54, 1.807) is 20.8 Å². The third kappa shape index (κ3) is 17.8. The molecule has 0 spiro atoms. The lowest BCUT2D eigenvalue weighted by Crippen LogP contribution is -2.24. The second kappa shape index (κ2) is 18.0. The summed E-state index contributed by atoms with van der Waals surface area (Å²) in [5.74, 6) is -0.370. The molecule has 160 valence electrons. The average Bonchev–Trinajstić information content (AvgIpc) is 2.62. The van der Waals surface area contributed by atoms with E-state index in [9.17, 15) is 9.59 Å². The van der Waals surface area contributed by atoms with Crippen molar-refractivity contribution in [2.24, 2.45) is 5.41 Å². The average molecular weight is 389 g/mol. The van der Waals surface area contributed by atoms with Gasteiger partial charge in [0.25, 0.3) is 0 Å². The van der Waals surface area contributed by atoms with Gasteiger partial charge in [0.1, 0.15) is 6.61 Å². The number of allylic oxidation sites excluding steroid dienone is 1. The van der Waals surface area contributed by atoms with E-state index in [1.807, 2.05) is 19.9 Å². The number of hydrogen-bond donors (Lipinski definition) is 1. The van der Waals surface area contributed by atoms with E-state index in [4.69, 9.17) is 19.3 Å². The molecule has 27 heavy (non-hydrogen) atoms. The Balaban J connectivity index is 0. The lowest BCUT2D eigenvalue weighted by molar-refractivity contribution is -0.154. The third-order valence-electron chi connectivity index (χ3n) is 3.38. The van der Waals surface area contributed by atoms with Crippen LogP contribution in [0.2, 0.25) is 0 Å². The molecule has 0 radical (unpaired) electrons. The maximum Gasteiger partial charge on any atom is 0.333 e. The molecule has 1 N–H and O–H groups in total. The maximum absolute atomic E-state index is 11.4. The molecule has 0 amide bonds. The molecule has 0 aromatic carbocycles. The molecule has 0 aromatic rings. The minimum atomic E-state index is -0.461. The van der Waals surface area contributed by atoms with Crippen LogP contribution in [-0.4, -0.2) is 50.1 Å². The van der Waals surface area contributed by atoms with Gasteiger partial charge < -0.3 is 19.3 Å². The first-order chi connectivity index (χ1) is 12.7. The van der Waals surface area contributed by atoms with E-state index in [0.717, 1.165) is 37.7 Å². The zero-order chi connectivity index (χ0) is 21.1. The van der Waals surface area contributed by atoms with Gasteiger partial charge in [-0.3, -0.25) is 4.79 Å². The summed E-state index contributed by atoms with van der Waals surface area (Å²) in [6.07, 6.45) is 6.87. The summed E-state index contributed by atoms with van der Waals surface area (Å²) in [4.78, 5) is 22.6. The smallest absolute Gasteiger partial charge is 0.333 e. The Morgan fingerprint density at radius 3 is 2.07 bits per heavy atom. The number of rotatable bonds is 12. The maximum atomic E-state index is 11.4.